The highest BCUT2D eigenvalue weighted by molar-refractivity contribution is 6.06. The van der Waals surface area contributed by atoms with Crippen LogP contribution in [0.3, 0.4) is 0 Å². The standard InChI is InChI=1S/C6H8N4O3/c7-9-5(11)3-1-13-2-4(3)6(12)10-8/h1-2H,7-8H2,(H,9,11)(H,10,12). The van der Waals surface area contributed by atoms with Crippen molar-refractivity contribution < 1.29 is 14.0 Å². The summed E-state index contributed by atoms with van der Waals surface area (Å²) < 4.78 is 4.66. The van der Waals surface area contributed by atoms with E-state index in [-0.39, 0.29) is 11.1 Å². The number of rotatable bonds is 2. The van der Waals surface area contributed by atoms with Crippen molar-refractivity contribution in [1.82, 2.24) is 10.9 Å². The summed E-state index contributed by atoms with van der Waals surface area (Å²) in [6.07, 6.45) is 2.21. The summed E-state index contributed by atoms with van der Waals surface area (Å²) in [7, 11) is 0. The number of hydrazine groups is 2. The van der Waals surface area contributed by atoms with Gasteiger partial charge in [0.1, 0.15) is 12.5 Å². The molecule has 0 radical (unpaired) electrons. The second-order valence-electron chi connectivity index (χ2n) is 2.15. The Morgan fingerprint density at radius 3 is 1.77 bits per heavy atom. The van der Waals surface area contributed by atoms with Crippen LogP contribution in [0.5, 0.6) is 0 Å². The van der Waals surface area contributed by atoms with Crippen molar-refractivity contribution in [3.05, 3.63) is 23.7 Å². The molecule has 0 aliphatic carbocycles. The first-order chi connectivity index (χ1) is 6.20. The molecule has 0 spiro atoms. The lowest BCUT2D eigenvalue weighted by Gasteiger charge is -1.98. The fraction of sp³-hybridized carbons (Fsp3) is 0. The van der Waals surface area contributed by atoms with E-state index in [1.807, 2.05) is 10.9 Å². The minimum atomic E-state index is -0.618. The van der Waals surface area contributed by atoms with Crippen molar-refractivity contribution >= 4 is 11.8 Å². The van der Waals surface area contributed by atoms with Crippen LogP contribution in [0.4, 0.5) is 0 Å². The van der Waals surface area contributed by atoms with E-state index in [1.54, 1.807) is 0 Å². The Bertz CT molecular complexity index is 302. The molecule has 2 amide bonds. The van der Waals surface area contributed by atoms with Gasteiger partial charge in [-0.05, 0) is 0 Å². The van der Waals surface area contributed by atoms with Crippen molar-refractivity contribution in [3.8, 4) is 0 Å². The van der Waals surface area contributed by atoms with Gasteiger partial charge in [0.2, 0.25) is 0 Å². The molecule has 0 aromatic carbocycles. The van der Waals surface area contributed by atoms with Gasteiger partial charge in [0.15, 0.2) is 0 Å². The lowest BCUT2D eigenvalue weighted by Crippen LogP contribution is -2.34. The molecule has 0 unspecified atom stereocenters. The molecule has 1 aromatic heterocycles. The average Bonchev–Trinajstić information content (AvgIpc) is 2.63. The molecule has 0 saturated carbocycles. The van der Waals surface area contributed by atoms with Crippen molar-refractivity contribution in [2.24, 2.45) is 11.7 Å². The first kappa shape index (κ1) is 9.23. The molecule has 0 atom stereocenters. The second kappa shape index (κ2) is 3.70. The maximum Gasteiger partial charge on any atom is 0.269 e. The molecule has 0 fully saturated rings. The summed E-state index contributed by atoms with van der Waals surface area (Å²) in [4.78, 5) is 22.0. The summed E-state index contributed by atoms with van der Waals surface area (Å²) in [6, 6.07) is 0. The lowest BCUT2D eigenvalue weighted by atomic mass is 10.2. The van der Waals surface area contributed by atoms with Crippen LogP contribution in [0.15, 0.2) is 16.9 Å². The van der Waals surface area contributed by atoms with Gasteiger partial charge in [-0.25, -0.2) is 11.7 Å². The van der Waals surface area contributed by atoms with Gasteiger partial charge in [0.05, 0.1) is 11.1 Å². The fourth-order valence-corrected chi connectivity index (χ4v) is 0.804. The molecule has 6 N–H and O–H groups in total. The summed E-state index contributed by atoms with van der Waals surface area (Å²) in [5.74, 6) is 8.50. The third kappa shape index (κ3) is 1.66. The molecule has 7 heteroatoms. The van der Waals surface area contributed by atoms with E-state index < -0.39 is 11.8 Å². The van der Waals surface area contributed by atoms with Crippen LogP contribution in [-0.4, -0.2) is 11.8 Å². The Balaban J connectivity index is 3.02. The van der Waals surface area contributed by atoms with Gasteiger partial charge in [-0.1, -0.05) is 0 Å². The van der Waals surface area contributed by atoms with Gasteiger partial charge in [0, 0.05) is 0 Å². The van der Waals surface area contributed by atoms with Crippen LogP contribution < -0.4 is 22.5 Å². The Hall–Kier alpha value is -1.86. The van der Waals surface area contributed by atoms with Crippen molar-refractivity contribution in [2.45, 2.75) is 0 Å². The quantitative estimate of drug-likeness (QED) is 0.252. The van der Waals surface area contributed by atoms with Gasteiger partial charge in [0.25, 0.3) is 11.8 Å². The summed E-state index contributed by atoms with van der Waals surface area (Å²) in [6.45, 7) is 0. The van der Waals surface area contributed by atoms with Gasteiger partial charge in [-0.3, -0.25) is 20.4 Å². The van der Waals surface area contributed by atoms with Crippen LogP contribution in [0, 0.1) is 0 Å². The molecule has 0 saturated heterocycles. The molecule has 0 bridgehead atoms. The van der Waals surface area contributed by atoms with E-state index in [2.05, 4.69) is 4.42 Å². The molecule has 70 valence electrons. The van der Waals surface area contributed by atoms with Gasteiger partial charge in [-0.2, -0.15) is 0 Å². The number of furan rings is 1. The van der Waals surface area contributed by atoms with E-state index in [0.29, 0.717) is 0 Å². The fourth-order valence-electron chi connectivity index (χ4n) is 0.804. The monoisotopic (exact) mass is 184 g/mol. The maximum atomic E-state index is 11.0. The number of carbonyl (C=O) groups is 2. The van der Waals surface area contributed by atoms with Crippen molar-refractivity contribution in [3.63, 3.8) is 0 Å². The van der Waals surface area contributed by atoms with Gasteiger partial charge in [-0.15, -0.1) is 0 Å². The van der Waals surface area contributed by atoms with E-state index in [4.69, 9.17) is 11.7 Å². The number of nitrogen functional groups attached to an aromatic ring is 2. The molecule has 1 rings (SSSR count). The zero-order valence-corrected chi connectivity index (χ0v) is 6.53. The highest BCUT2D eigenvalue weighted by atomic mass is 16.3. The summed E-state index contributed by atoms with van der Waals surface area (Å²) in [5.41, 5.74) is 3.80. The minimum absolute atomic E-state index is 0.0328. The number of nitrogens with one attached hydrogen (secondary N) is 2. The highest BCUT2D eigenvalue weighted by Crippen LogP contribution is 2.09. The molecule has 0 aliphatic heterocycles. The maximum absolute atomic E-state index is 11.0. The average molecular weight is 184 g/mol. The largest absolute Gasteiger partial charge is 0.471 e. The Kier molecular flexibility index (Phi) is 2.62. The topological polar surface area (TPSA) is 123 Å². The lowest BCUT2D eigenvalue weighted by molar-refractivity contribution is 0.0920. The summed E-state index contributed by atoms with van der Waals surface area (Å²) in [5, 5.41) is 0. The number of hydrogen-bond donors (Lipinski definition) is 4. The molecular formula is C6H8N4O3. The van der Waals surface area contributed by atoms with Crippen LogP contribution in [-0.2, 0) is 0 Å². The first-order valence-electron chi connectivity index (χ1n) is 3.28. The zero-order valence-electron chi connectivity index (χ0n) is 6.53. The van der Waals surface area contributed by atoms with Crippen molar-refractivity contribution in [2.75, 3.05) is 0 Å². The van der Waals surface area contributed by atoms with Crippen LogP contribution in [0.25, 0.3) is 0 Å². The minimum Gasteiger partial charge on any atom is -0.471 e. The molecule has 1 aromatic rings. The zero-order chi connectivity index (χ0) is 9.84. The summed E-state index contributed by atoms with van der Waals surface area (Å²) >= 11 is 0. The third-order valence-electron chi connectivity index (χ3n) is 1.41. The van der Waals surface area contributed by atoms with E-state index in [1.165, 1.54) is 0 Å². The third-order valence-corrected chi connectivity index (χ3v) is 1.41. The Morgan fingerprint density at radius 1 is 1.08 bits per heavy atom. The predicted molar refractivity (Wildman–Crippen MR) is 42.0 cm³/mol. The predicted octanol–water partition coefficient (Wildman–Crippen LogP) is -1.51. The number of hydrogen-bond acceptors (Lipinski definition) is 5. The Morgan fingerprint density at radius 2 is 1.46 bits per heavy atom. The van der Waals surface area contributed by atoms with E-state index in [9.17, 15) is 9.59 Å². The van der Waals surface area contributed by atoms with E-state index >= 15 is 0 Å². The normalized spacial score (nSPS) is 9.38. The SMILES string of the molecule is NNC(=O)c1cocc1C(=O)NN. The highest BCUT2D eigenvalue weighted by Gasteiger charge is 2.17. The van der Waals surface area contributed by atoms with Crippen LogP contribution in [0.1, 0.15) is 20.7 Å². The van der Waals surface area contributed by atoms with Gasteiger partial charge >= 0.3 is 0 Å². The number of nitrogens with two attached hydrogens (primary N) is 2. The number of carbonyl (C=O) groups excluding carboxylic acids is 2. The Labute approximate surface area is 73.0 Å². The first-order valence-corrected chi connectivity index (χ1v) is 3.28. The molecular weight excluding hydrogens is 176 g/mol. The van der Waals surface area contributed by atoms with Gasteiger partial charge < -0.3 is 4.42 Å². The second-order valence-corrected chi connectivity index (χ2v) is 2.15. The molecule has 7 nitrogen and oxygen atoms in total. The smallest absolute Gasteiger partial charge is 0.269 e. The molecule has 13 heavy (non-hydrogen) atoms. The number of amides is 2. The molecule has 0 aliphatic rings. The molecule has 1 heterocycles. The van der Waals surface area contributed by atoms with Crippen LogP contribution >= 0.6 is 0 Å². The van der Waals surface area contributed by atoms with Crippen LogP contribution in [0.2, 0.25) is 0 Å². The van der Waals surface area contributed by atoms with E-state index in [0.717, 1.165) is 12.5 Å². The van der Waals surface area contributed by atoms with Crippen molar-refractivity contribution in [1.29, 1.82) is 0 Å².